The SMILES string of the molecule is CCN1C2=C(C(=O)CCC2)C(c2cccc(OCC(=O)Nc3ccccc3C)c2)C2=C1CCCC2=O. The fourth-order valence-electron chi connectivity index (χ4n) is 5.76. The smallest absolute Gasteiger partial charge is 0.262 e. The van der Waals surface area contributed by atoms with Crippen LogP contribution in [0.2, 0.25) is 0 Å². The number of nitrogens with zero attached hydrogens (tertiary/aromatic N) is 1. The summed E-state index contributed by atoms with van der Waals surface area (Å²) in [5.41, 5.74) is 6.31. The second kappa shape index (κ2) is 10.1. The first-order valence-corrected chi connectivity index (χ1v) is 12.9. The minimum Gasteiger partial charge on any atom is -0.484 e. The van der Waals surface area contributed by atoms with Crippen molar-refractivity contribution in [2.75, 3.05) is 18.5 Å². The lowest BCUT2D eigenvalue weighted by molar-refractivity contribution is -0.118. The number of anilines is 1. The van der Waals surface area contributed by atoms with Gasteiger partial charge in [-0.25, -0.2) is 0 Å². The van der Waals surface area contributed by atoms with Crippen LogP contribution in [0.25, 0.3) is 0 Å². The van der Waals surface area contributed by atoms with Gasteiger partial charge in [0.2, 0.25) is 0 Å². The van der Waals surface area contributed by atoms with E-state index in [1.54, 1.807) is 0 Å². The largest absolute Gasteiger partial charge is 0.484 e. The van der Waals surface area contributed by atoms with Crippen molar-refractivity contribution < 1.29 is 19.1 Å². The van der Waals surface area contributed by atoms with E-state index in [0.29, 0.717) is 18.6 Å². The van der Waals surface area contributed by atoms with Gasteiger partial charge in [0, 0.05) is 53.5 Å². The summed E-state index contributed by atoms with van der Waals surface area (Å²) in [4.78, 5) is 41.2. The van der Waals surface area contributed by atoms with Gasteiger partial charge in [0.1, 0.15) is 5.75 Å². The van der Waals surface area contributed by atoms with Gasteiger partial charge in [0.25, 0.3) is 5.91 Å². The summed E-state index contributed by atoms with van der Waals surface area (Å²) in [6.45, 7) is 4.65. The molecule has 2 aliphatic carbocycles. The Bertz CT molecular complexity index is 1250. The van der Waals surface area contributed by atoms with E-state index in [9.17, 15) is 14.4 Å². The number of nitrogens with one attached hydrogen (secondary N) is 1. The molecule has 0 bridgehead atoms. The monoisotopic (exact) mass is 484 g/mol. The number of ether oxygens (including phenoxy) is 1. The number of Topliss-reactive ketones (excluding diaryl/α,β-unsaturated/α-hetero) is 2. The summed E-state index contributed by atoms with van der Waals surface area (Å²) in [6, 6.07) is 15.1. The first kappa shape index (κ1) is 24.0. The van der Waals surface area contributed by atoms with Crippen LogP contribution < -0.4 is 10.1 Å². The Kier molecular flexibility index (Phi) is 6.77. The molecule has 0 unspecified atom stereocenters. The van der Waals surface area contributed by atoms with Crippen molar-refractivity contribution in [3.8, 4) is 5.75 Å². The number of hydrogen-bond acceptors (Lipinski definition) is 5. The quantitative estimate of drug-likeness (QED) is 0.590. The van der Waals surface area contributed by atoms with Crippen LogP contribution in [0.5, 0.6) is 5.75 Å². The van der Waals surface area contributed by atoms with Crippen LogP contribution in [0, 0.1) is 6.92 Å². The van der Waals surface area contributed by atoms with Gasteiger partial charge in [-0.2, -0.15) is 0 Å². The molecule has 6 nitrogen and oxygen atoms in total. The van der Waals surface area contributed by atoms with Crippen LogP contribution in [-0.2, 0) is 14.4 Å². The lowest BCUT2D eigenvalue weighted by Gasteiger charge is -2.43. The topological polar surface area (TPSA) is 75.7 Å². The molecule has 2 aromatic carbocycles. The van der Waals surface area contributed by atoms with Crippen molar-refractivity contribution in [3.05, 3.63) is 82.2 Å². The number of para-hydroxylation sites is 1. The average Bonchev–Trinajstić information content (AvgIpc) is 2.88. The van der Waals surface area contributed by atoms with Crippen molar-refractivity contribution in [2.24, 2.45) is 0 Å². The van der Waals surface area contributed by atoms with Gasteiger partial charge >= 0.3 is 0 Å². The number of amides is 1. The van der Waals surface area contributed by atoms with E-state index in [1.165, 1.54) is 0 Å². The van der Waals surface area contributed by atoms with Crippen LogP contribution in [0.1, 0.15) is 62.5 Å². The second-order valence-corrected chi connectivity index (χ2v) is 9.68. The highest BCUT2D eigenvalue weighted by Crippen LogP contribution is 2.49. The first-order valence-electron chi connectivity index (χ1n) is 12.9. The molecule has 36 heavy (non-hydrogen) atoms. The van der Waals surface area contributed by atoms with E-state index in [1.807, 2.05) is 55.5 Å². The molecule has 5 rings (SSSR count). The summed E-state index contributed by atoms with van der Waals surface area (Å²) < 4.78 is 5.85. The third kappa shape index (κ3) is 4.48. The van der Waals surface area contributed by atoms with E-state index >= 15 is 0 Å². The third-order valence-corrected chi connectivity index (χ3v) is 7.38. The number of rotatable bonds is 6. The lowest BCUT2D eigenvalue weighted by atomic mass is 9.71. The van der Waals surface area contributed by atoms with Gasteiger partial charge in [0.15, 0.2) is 18.2 Å². The maximum absolute atomic E-state index is 13.3. The van der Waals surface area contributed by atoms with Crippen molar-refractivity contribution in [2.45, 2.75) is 58.3 Å². The lowest BCUT2D eigenvalue weighted by Crippen LogP contribution is -2.39. The fraction of sp³-hybridized carbons (Fsp3) is 0.367. The third-order valence-electron chi connectivity index (χ3n) is 7.38. The molecule has 0 saturated carbocycles. The first-order chi connectivity index (χ1) is 17.5. The van der Waals surface area contributed by atoms with Gasteiger partial charge in [-0.3, -0.25) is 14.4 Å². The molecule has 3 aliphatic rings. The highest BCUT2D eigenvalue weighted by molar-refractivity contribution is 6.06. The second-order valence-electron chi connectivity index (χ2n) is 9.68. The molecule has 1 amide bonds. The normalized spacial score (nSPS) is 18.2. The standard InChI is InChI=1S/C30H32N2O4/c1-3-32-23-13-7-15-25(33)29(23)28(30-24(32)14-8-16-26(30)34)20-10-6-11-21(17-20)36-18-27(35)31-22-12-5-4-9-19(22)2/h4-6,9-12,17,28H,3,7-8,13-16,18H2,1-2H3,(H,31,35). The van der Waals surface area contributed by atoms with Crippen molar-refractivity contribution in [1.82, 2.24) is 4.90 Å². The van der Waals surface area contributed by atoms with Crippen LogP contribution >= 0.6 is 0 Å². The van der Waals surface area contributed by atoms with Crippen LogP contribution in [-0.4, -0.2) is 35.5 Å². The Morgan fingerprint density at radius 2 is 1.61 bits per heavy atom. The van der Waals surface area contributed by atoms with E-state index < -0.39 is 0 Å². The molecule has 0 fully saturated rings. The van der Waals surface area contributed by atoms with E-state index in [-0.39, 0.29) is 30.0 Å². The zero-order valence-corrected chi connectivity index (χ0v) is 20.9. The fourth-order valence-corrected chi connectivity index (χ4v) is 5.76. The Hall–Kier alpha value is -3.67. The van der Waals surface area contributed by atoms with Gasteiger partial charge in [-0.1, -0.05) is 30.3 Å². The number of ketones is 2. The van der Waals surface area contributed by atoms with Gasteiger partial charge < -0.3 is 15.0 Å². The van der Waals surface area contributed by atoms with Crippen molar-refractivity contribution >= 4 is 23.2 Å². The van der Waals surface area contributed by atoms with Gasteiger partial charge in [0.05, 0.1) is 0 Å². The number of allylic oxidation sites excluding steroid dienone is 4. The van der Waals surface area contributed by atoms with Gasteiger partial charge in [-0.15, -0.1) is 0 Å². The zero-order valence-electron chi connectivity index (χ0n) is 20.9. The minimum absolute atomic E-state index is 0.133. The molecule has 0 spiro atoms. The molecule has 1 aliphatic heterocycles. The highest BCUT2D eigenvalue weighted by atomic mass is 16.5. The molecule has 0 aromatic heterocycles. The predicted molar refractivity (Wildman–Crippen MR) is 139 cm³/mol. The molecular formula is C30H32N2O4. The van der Waals surface area contributed by atoms with Gasteiger partial charge in [-0.05, 0) is 68.9 Å². The summed E-state index contributed by atoms with van der Waals surface area (Å²) in [5.74, 6) is 0.192. The number of carbonyl (C=O) groups excluding carboxylic acids is 3. The zero-order chi connectivity index (χ0) is 25.2. The Morgan fingerprint density at radius 3 is 2.25 bits per heavy atom. The predicted octanol–water partition coefficient (Wildman–Crippen LogP) is 5.45. The van der Waals surface area contributed by atoms with E-state index in [2.05, 4.69) is 17.1 Å². The molecule has 1 heterocycles. The molecule has 0 saturated heterocycles. The van der Waals surface area contributed by atoms with E-state index in [4.69, 9.17) is 4.74 Å². The summed E-state index contributed by atoms with van der Waals surface area (Å²) in [5, 5.41) is 2.88. The average molecular weight is 485 g/mol. The highest BCUT2D eigenvalue weighted by Gasteiger charge is 2.42. The van der Waals surface area contributed by atoms with E-state index in [0.717, 1.165) is 71.6 Å². The van der Waals surface area contributed by atoms with Crippen LogP contribution in [0.15, 0.2) is 71.1 Å². The molecular weight excluding hydrogens is 452 g/mol. The van der Waals surface area contributed by atoms with Crippen molar-refractivity contribution in [1.29, 1.82) is 0 Å². The summed E-state index contributed by atoms with van der Waals surface area (Å²) >= 11 is 0. The molecule has 1 N–H and O–H groups in total. The van der Waals surface area contributed by atoms with Crippen LogP contribution in [0.4, 0.5) is 5.69 Å². The van der Waals surface area contributed by atoms with Crippen molar-refractivity contribution in [3.63, 3.8) is 0 Å². The molecule has 0 atom stereocenters. The maximum Gasteiger partial charge on any atom is 0.262 e. The Balaban J connectivity index is 1.44. The molecule has 2 aromatic rings. The number of hydrogen-bond donors (Lipinski definition) is 1. The Morgan fingerprint density at radius 1 is 0.944 bits per heavy atom. The molecule has 186 valence electrons. The number of carbonyl (C=O) groups is 3. The maximum atomic E-state index is 13.3. The number of aryl methyl sites for hydroxylation is 1. The minimum atomic E-state index is -0.372. The summed E-state index contributed by atoms with van der Waals surface area (Å²) in [6.07, 6.45) is 4.42. The Labute approximate surface area is 212 Å². The molecule has 0 radical (unpaired) electrons. The molecule has 6 heteroatoms. The summed E-state index contributed by atoms with van der Waals surface area (Å²) in [7, 11) is 0. The number of benzene rings is 2. The van der Waals surface area contributed by atoms with Crippen LogP contribution in [0.3, 0.4) is 0 Å².